The van der Waals surface area contributed by atoms with Crippen LogP contribution in [0.1, 0.15) is 18.9 Å². The van der Waals surface area contributed by atoms with Crippen molar-refractivity contribution in [1.29, 1.82) is 0 Å². The van der Waals surface area contributed by atoms with Crippen molar-refractivity contribution in [2.75, 3.05) is 0 Å². The van der Waals surface area contributed by atoms with Gasteiger partial charge in [0.1, 0.15) is 4.75 Å². The predicted octanol–water partition coefficient (Wildman–Crippen LogP) is 1.71. The van der Waals surface area contributed by atoms with Crippen LogP contribution in [0.2, 0.25) is 0 Å². The second kappa shape index (κ2) is 3.83. The molecule has 0 aliphatic heterocycles. The van der Waals surface area contributed by atoms with Crippen LogP contribution in [0.5, 0.6) is 0 Å². The third-order valence-electron chi connectivity index (χ3n) is 2.17. The number of primary amides is 1. The van der Waals surface area contributed by atoms with Gasteiger partial charge in [0, 0.05) is 0 Å². The highest BCUT2D eigenvalue weighted by Gasteiger charge is 2.31. The molecule has 3 heteroatoms. The van der Waals surface area contributed by atoms with Crippen molar-refractivity contribution in [3.8, 4) is 0 Å². The van der Waals surface area contributed by atoms with Gasteiger partial charge in [0.2, 0.25) is 5.91 Å². The fourth-order valence-electron chi connectivity index (χ4n) is 1.23. The maximum atomic E-state index is 11.2. The van der Waals surface area contributed by atoms with Crippen LogP contribution in [-0.2, 0) is 9.54 Å². The predicted molar refractivity (Wildman–Crippen MR) is 56.6 cm³/mol. The number of rotatable bonds is 3. The molecule has 2 nitrogen and oxygen atoms in total. The first-order chi connectivity index (χ1) is 6.11. The molecule has 1 rings (SSSR count). The third kappa shape index (κ3) is 1.86. The molecule has 0 aliphatic rings. The highest BCUT2D eigenvalue weighted by molar-refractivity contribution is 7.82. The van der Waals surface area contributed by atoms with Crippen LogP contribution in [0.4, 0.5) is 0 Å². The van der Waals surface area contributed by atoms with Crippen molar-refractivity contribution in [1.82, 2.24) is 0 Å². The molecule has 70 valence electrons. The molecule has 1 amide bonds. The lowest BCUT2D eigenvalue weighted by Gasteiger charge is -2.23. The molecule has 13 heavy (non-hydrogen) atoms. The maximum Gasteiger partial charge on any atom is 0.237 e. The van der Waals surface area contributed by atoms with E-state index in [0.29, 0.717) is 6.42 Å². The van der Waals surface area contributed by atoms with E-state index in [-0.39, 0.29) is 0 Å². The molecule has 0 unspecified atom stereocenters. The zero-order chi connectivity index (χ0) is 9.90. The minimum Gasteiger partial charge on any atom is -0.368 e. The van der Waals surface area contributed by atoms with Gasteiger partial charge in [-0.2, -0.15) is 12.6 Å². The van der Waals surface area contributed by atoms with Crippen LogP contribution < -0.4 is 5.73 Å². The zero-order valence-corrected chi connectivity index (χ0v) is 8.42. The van der Waals surface area contributed by atoms with Gasteiger partial charge in [-0.15, -0.1) is 0 Å². The summed E-state index contributed by atoms with van der Waals surface area (Å²) in [5.41, 5.74) is 6.15. The Hall–Kier alpha value is -0.960. The summed E-state index contributed by atoms with van der Waals surface area (Å²) in [7, 11) is 0. The highest BCUT2D eigenvalue weighted by atomic mass is 32.1. The van der Waals surface area contributed by atoms with Crippen molar-refractivity contribution in [2.24, 2.45) is 5.73 Å². The molecule has 2 N–H and O–H groups in total. The van der Waals surface area contributed by atoms with Gasteiger partial charge in [0.05, 0.1) is 0 Å². The van der Waals surface area contributed by atoms with Crippen LogP contribution in [0.3, 0.4) is 0 Å². The van der Waals surface area contributed by atoms with Gasteiger partial charge in [-0.25, -0.2) is 0 Å². The van der Waals surface area contributed by atoms with Gasteiger partial charge in [0.25, 0.3) is 0 Å². The summed E-state index contributed by atoms with van der Waals surface area (Å²) >= 11 is 4.33. The molecule has 0 aliphatic carbocycles. The van der Waals surface area contributed by atoms with E-state index in [9.17, 15) is 4.79 Å². The molecule has 1 aromatic rings. The topological polar surface area (TPSA) is 43.1 Å². The lowest BCUT2D eigenvalue weighted by Crippen LogP contribution is -2.35. The molecule has 0 radical (unpaired) electrons. The van der Waals surface area contributed by atoms with Crippen molar-refractivity contribution in [3.05, 3.63) is 35.9 Å². The molecule has 0 saturated heterocycles. The number of nitrogens with two attached hydrogens (primary N) is 1. The van der Waals surface area contributed by atoms with Gasteiger partial charge in [0.15, 0.2) is 0 Å². The number of hydrogen-bond acceptors (Lipinski definition) is 2. The molecule has 0 spiro atoms. The Morgan fingerprint density at radius 1 is 1.46 bits per heavy atom. The van der Waals surface area contributed by atoms with Crippen LogP contribution in [0.25, 0.3) is 0 Å². The van der Waals surface area contributed by atoms with E-state index in [1.165, 1.54) is 0 Å². The monoisotopic (exact) mass is 195 g/mol. The Bertz CT molecular complexity index is 299. The first-order valence-electron chi connectivity index (χ1n) is 4.19. The smallest absolute Gasteiger partial charge is 0.237 e. The summed E-state index contributed by atoms with van der Waals surface area (Å²) in [6, 6.07) is 9.37. The van der Waals surface area contributed by atoms with E-state index in [1.807, 2.05) is 37.3 Å². The summed E-state index contributed by atoms with van der Waals surface area (Å²) < 4.78 is -0.832. The fourth-order valence-corrected chi connectivity index (χ4v) is 1.38. The molecular formula is C10H13NOS. The standard InChI is InChI=1S/C10H13NOS/c1-2-10(13,9(11)12)8-6-4-3-5-7-8/h3-7,13H,2H2,1H3,(H2,11,12)/t10-/m0/s1. The largest absolute Gasteiger partial charge is 0.368 e. The summed E-state index contributed by atoms with van der Waals surface area (Å²) in [6.07, 6.45) is 0.593. The van der Waals surface area contributed by atoms with Crippen molar-refractivity contribution < 1.29 is 4.79 Å². The molecular weight excluding hydrogens is 182 g/mol. The molecule has 0 bridgehead atoms. The normalized spacial score (nSPS) is 14.9. The van der Waals surface area contributed by atoms with Crippen molar-refractivity contribution in [3.63, 3.8) is 0 Å². The minimum absolute atomic E-state index is 0.399. The van der Waals surface area contributed by atoms with Crippen LogP contribution in [0, 0.1) is 0 Å². The average molecular weight is 195 g/mol. The van der Waals surface area contributed by atoms with Gasteiger partial charge in [-0.05, 0) is 12.0 Å². The SMILES string of the molecule is CC[C@@](S)(C(N)=O)c1ccccc1. The average Bonchev–Trinajstić information content (AvgIpc) is 2.17. The van der Waals surface area contributed by atoms with Crippen LogP contribution >= 0.6 is 12.6 Å². The molecule has 1 aromatic carbocycles. The Balaban J connectivity index is 3.11. The van der Waals surface area contributed by atoms with Gasteiger partial charge in [-0.1, -0.05) is 37.3 Å². The van der Waals surface area contributed by atoms with E-state index in [2.05, 4.69) is 12.6 Å². The van der Waals surface area contributed by atoms with Gasteiger partial charge >= 0.3 is 0 Å². The molecule has 0 aromatic heterocycles. The summed E-state index contributed by atoms with van der Waals surface area (Å²) in [5, 5.41) is 0. The Kier molecular flexibility index (Phi) is 2.98. The van der Waals surface area contributed by atoms with Crippen LogP contribution in [-0.4, -0.2) is 5.91 Å². The summed E-state index contributed by atoms with van der Waals surface area (Å²) in [4.78, 5) is 11.2. The summed E-state index contributed by atoms with van der Waals surface area (Å²) in [6.45, 7) is 1.89. The fraction of sp³-hybridized carbons (Fsp3) is 0.300. The first-order valence-corrected chi connectivity index (χ1v) is 4.63. The van der Waals surface area contributed by atoms with Crippen LogP contribution in [0.15, 0.2) is 30.3 Å². The van der Waals surface area contributed by atoms with Crippen molar-refractivity contribution in [2.45, 2.75) is 18.1 Å². The molecule has 0 fully saturated rings. The number of carbonyl (C=O) groups is 1. The second-order valence-electron chi connectivity index (χ2n) is 2.94. The quantitative estimate of drug-likeness (QED) is 0.708. The molecule has 1 atom stereocenters. The van der Waals surface area contributed by atoms with E-state index in [4.69, 9.17) is 5.73 Å². The lowest BCUT2D eigenvalue weighted by molar-refractivity contribution is -0.120. The number of hydrogen-bond donors (Lipinski definition) is 2. The minimum atomic E-state index is -0.832. The number of carbonyl (C=O) groups excluding carboxylic acids is 1. The van der Waals surface area contributed by atoms with E-state index >= 15 is 0 Å². The second-order valence-corrected chi connectivity index (χ2v) is 3.71. The maximum absolute atomic E-state index is 11.2. The van der Waals surface area contributed by atoms with Gasteiger partial charge in [-0.3, -0.25) is 4.79 Å². The Morgan fingerprint density at radius 3 is 2.38 bits per heavy atom. The van der Waals surface area contributed by atoms with Gasteiger partial charge < -0.3 is 5.73 Å². The number of amides is 1. The molecule has 0 saturated carbocycles. The lowest BCUT2D eigenvalue weighted by atomic mass is 9.95. The third-order valence-corrected chi connectivity index (χ3v) is 2.97. The number of thiol groups is 1. The van der Waals surface area contributed by atoms with E-state index in [0.717, 1.165) is 5.56 Å². The zero-order valence-electron chi connectivity index (χ0n) is 7.53. The van der Waals surface area contributed by atoms with E-state index in [1.54, 1.807) is 0 Å². The highest BCUT2D eigenvalue weighted by Crippen LogP contribution is 2.31. The van der Waals surface area contributed by atoms with Crippen molar-refractivity contribution >= 4 is 18.5 Å². The number of benzene rings is 1. The first kappa shape index (κ1) is 10.1. The Morgan fingerprint density at radius 2 is 2.00 bits per heavy atom. The molecule has 0 heterocycles. The Labute approximate surface area is 83.5 Å². The van der Waals surface area contributed by atoms with E-state index < -0.39 is 10.7 Å². The summed E-state index contributed by atoms with van der Waals surface area (Å²) in [5.74, 6) is -0.399.